The molecule has 0 aromatic heterocycles. The van der Waals surface area contributed by atoms with Gasteiger partial charge in [-0.25, -0.2) is 16.8 Å². The van der Waals surface area contributed by atoms with Gasteiger partial charge in [0.25, 0.3) is 11.9 Å². The lowest BCUT2D eigenvalue weighted by molar-refractivity contribution is -0.135. The summed E-state index contributed by atoms with van der Waals surface area (Å²) in [7, 11) is -7.35. The predicted octanol–water partition coefficient (Wildman–Crippen LogP) is 3.40. The normalized spacial score (nSPS) is 12.4. The Kier molecular flexibility index (Phi) is 20.6. The maximum atomic E-state index is 11.7. The molecule has 54 heavy (non-hydrogen) atoms. The number of phenols is 2. The van der Waals surface area contributed by atoms with Gasteiger partial charge in [0.1, 0.15) is 11.5 Å². The summed E-state index contributed by atoms with van der Waals surface area (Å²) in [5.41, 5.74) is 8.66. The number of sulfonamides is 2. The van der Waals surface area contributed by atoms with Crippen molar-refractivity contribution in [2.24, 2.45) is 5.73 Å². The molecule has 0 fully saturated rings. The van der Waals surface area contributed by atoms with Crippen molar-refractivity contribution >= 4 is 43.4 Å². The number of anilines is 2. The van der Waals surface area contributed by atoms with Gasteiger partial charge in [-0.3, -0.25) is 23.9 Å². The van der Waals surface area contributed by atoms with Gasteiger partial charge >= 0.3 is 0 Å². The van der Waals surface area contributed by atoms with E-state index in [-0.39, 0.29) is 36.0 Å². The second-order valence-corrected chi connectivity index (χ2v) is 16.1. The molecule has 0 saturated carbocycles. The fourth-order valence-corrected chi connectivity index (χ4v) is 6.18. The first-order valence-corrected chi connectivity index (χ1v) is 20.7. The molecule has 0 bridgehead atoms. The summed E-state index contributed by atoms with van der Waals surface area (Å²) < 4.78 is 51.4. The molecular formula is C36H54N4O12S2. The van der Waals surface area contributed by atoms with Crippen molar-refractivity contribution in [3.05, 3.63) is 82.9 Å². The maximum Gasteiger partial charge on any atom is 0.300 e. The number of rotatable bonds is 19. The Balaban J connectivity index is 0.00000165. The van der Waals surface area contributed by atoms with Crippen molar-refractivity contribution in [3.63, 3.8) is 0 Å². The first-order chi connectivity index (χ1) is 25.1. The first-order valence-electron chi connectivity index (χ1n) is 17.0. The van der Waals surface area contributed by atoms with E-state index in [1.54, 1.807) is 0 Å². The van der Waals surface area contributed by atoms with E-state index < -0.39 is 44.2 Å². The molecule has 3 rings (SSSR count). The molecule has 3 aromatic rings. The van der Waals surface area contributed by atoms with E-state index in [1.807, 2.05) is 4.90 Å². The third-order valence-corrected chi connectivity index (χ3v) is 8.58. The van der Waals surface area contributed by atoms with Gasteiger partial charge < -0.3 is 36.4 Å². The highest BCUT2D eigenvalue weighted by atomic mass is 32.2. The van der Waals surface area contributed by atoms with E-state index in [1.165, 1.54) is 47.5 Å². The zero-order valence-electron chi connectivity index (χ0n) is 31.0. The molecule has 16 nitrogen and oxygen atoms in total. The van der Waals surface area contributed by atoms with E-state index in [2.05, 4.69) is 33.7 Å². The zero-order valence-corrected chi connectivity index (χ0v) is 32.6. The Morgan fingerprint density at radius 1 is 0.667 bits per heavy atom. The van der Waals surface area contributed by atoms with Crippen LogP contribution < -0.4 is 15.2 Å². The fourth-order valence-electron chi connectivity index (χ4n) is 5.05. The highest BCUT2D eigenvalue weighted by Gasteiger charge is 2.21. The number of nitrogens with one attached hydrogen (secondary N) is 2. The molecule has 0 saturated heterocycles. The van der Waals surface area contributed by atoms with Gasteiger partial charge in [0.2, 0.25) is 20.0 Å². The highest BCUT2D eigenvalue weighted by molar-refractivity contribution is 7.92. The monoisotopic (exact) mass is 798 g/mol. The van der Waals surface area contributed by atoms with Gasteiger partial charge in [0.15, 0.2) is 0 Å². The summed E-state index contributed by atoms with van der Waals surface area (Å²) in [6.07, 6.45) is 5.21. The van der Waals surface area contributed by atoms with Crippen LogP contribution in [0.3, 0.4) is 0 Å². The highest BCUT2D eigenvalue weighted by Crippen LogP contribution is 2.30. The molecule has 0 heterocycles. The number of unbranched alkanes of at least 4 members (excludes halogenated alkanes) is 2. The minimum Gasteiger partial charge on any atom is -0.506 e. The SMILES string of the molecule is CC(=O)O.CC(=O)O.CS(=O)(=O)Nc1cc(C(O)CN(CCCCc2ccc(CCCCN)cc2)CC(O)c2ccc(O)c(NS(C)(=O)=O)c2)ccc1O. The zero-order chi connectivity index (χ0) is 41.1. The van der Waals surface area contributed by atoms with Crippen LogP contribution in [0, 0.1) is 0 Å². The number of nitrogens with zero attached hydrogens (tertiary/aromatic N) is 1. The van der Waals surface area contributed by atoms with Crippen molar-refractivity contribution in [2.75, 3.05) is 48.1 Å². The number of nitrogens with two attached hydrogens (primary N) is 1. The lowest BCUT2D eigenvalue weighted by Gasteiger charge is -2.28. The number of carbonyl (C=O) groups is 2. The average Bonchev–Trinajstić information content (AvgIpc) is 3.04. The second kappa shape index (κ2) is 23.4. The molecular weight excluding hydrogens is 745 g/mol. The minimum atomic E-state index is -3.68. The van der Waals surface area contributed by atoms with Crippen LogP contribution in [0.15, 0.2) is 60.7 Å². The minimum absolute atomic E-state index is 0.0639. The van der Waals surface area contributed by atoms with Crippen molar-refractivity contribution in [1.29, 1.82) is 0 Å². The second-order valence-electron chi connectivity index (χ2n) is 12.7. The number of carboxylic acid groups (broad SMARTS) is 2. The van der Waals surface area contributed by atoms with Crippen molar-refractivity contribution < 1.29 is 57.1 Å². The van der Waals surface area contributed by atoms with Crippen molar-refractivity contribution in [1.82, 2.24) is 4.90 Å². The maximum absolute atomic E-state index is 11.7. The molecule has 0 radical (unpaired) electrons. The summed E-state index contributed by atoms with van der Waals surface area (Å²) >= 11 is 0. The number of aliphatic hydroxyl groups is 2. The van der Waals surface area contributed by atoms with Crippen molar-refractivity contribution in [2.45, 2.75) is 64.6 Å². The topological polar surface area (TPSA) is 277 Å². The summed E-state index contributed by atoms with van der Waals surface area (Å²) in [6, 6.07) is 16.8. The molecule has 2 atom stereocenters. The van der Waals surface area contributed by atoms with Crippen LogP contribution >= 0.6 is 0 Å². The van der Waals surface area contributed by atoms with Gasteiger partial charge in [0.05, 0.1) is 36.1 Å². The molecule has 3 aromatic carbocycles. The Labute approximate surface area is 317 Å². The number of aliphatic hydroxyl groups excluding tert-OH is 2. The molecule has 0 aliphatic heterocycles. The quantitative estimate of drug-likeness (QED) is 0.0621. The number of carboxylic acids is 2. The number of benzene rings is 3. The molecule has 18 heteroatoms. The van der Waals surface area contributed by atoms with Crippen LogP contribution in [0.5, 0.6) is 11.5 Å². The van der Waals surface area contributed by atoms with Crippen LogP contribution in [0.1, 0.15) is 74.0 Å². The number of aryl methyl sites for hydroxylation is 2. The largest absolute Gasteiger partial charge is 0.506 e. The summed E-state index contributed by atoms with van der Waals surface area (Å²) in [5.74, 6) is -2.24. The van der Waals surface area contributed by atoms with Gasteiger partial charge in [0, 0.05) is 26.9 Å². The van der Waals surface area contributed by atoms with Gasteiger partial charge in [-0.15, -0.1) is 0 Å². The van der Waals surface area contributed by atoms with Gasteiger partial charge in [-0.1, -0.05) is 36.4 Å². The molecule has 2 unspecified atom stereocenters. The van der Waals surface area contributed by atoms with Crippen LogP contribution in [-0.4, -0.2) is 103 Å². The lowest BCUT2D eigenvalue weighted by atomic mass is 10.0. The molecule has 0 spiro atoms. The molecule has 10 N–H and O–H groups in total. The van der Waals surface area contributed by atoms with Crippen LogP contribution in [0.2, 0.25) is 0 Å². The van der Waals surface area contributed by atoms with Crippen molar-refractivity contribution in [3.8, 4) is 11.5 Å². The number of phenolic OH excluding ortho intramolecular Hbond substituents is 2. The molecule has 302 valence electrons. The molecule has 0 aliphatic carbocycles. The number of hydrogen-bond donors (Lipinski definition) is 9. The fraction of sp³-hybridized carbons (Fsp3) is 0.444. The lowest BCUT2D eigenvalue weighted by Crippen LogP contribution is -2.33. The van der Waals surface area contributed by atoms with E-state index in [9.17, 15) is 37.3 Å². The molecule has 0 amide bonds. The van der Waals surface area contributed by atoms with Gasteiger partial charge in [-0.2, -0.15) is 0 Å². The third-order valence-electron chi connectivity index (χ3n) is 7.40. The first kappa shape index (κ1) is 47.6. The number of aliphatic carboxylic acids is 2. The Morgan fingerprint density at radius 3 is 1.35 bits per heavy atom. The number of hydrogen-bond acceptors (Lipinski definition) is 12. The number of aromatic hydroxyl groups is 2. The molecule has 0 aliphatic rings. The standard InChI is InChI=1S/C32H46N4O8S2.2C2H4O2/c1-45(41,42)34-27-19-25(13-15-29(27)37)31(39)21-36(18-6-4-8-24-11-9-23(10-12-24)7-3-5-17-33)22-32(40)26-14-16-30(38)28(20-26)35-46(2,43)44;2*1-2(3)4/h9-16,19-20,31-32,34-35,37-40H,3-8,17-18,21-22,33H2,1-2H3;2*1H3,(H,3,4). The predicted molar refractivity (Wildman–Crippen MR) is 207 cm³/mol. The van der Waals surface area contributed by atoms with Crippen LogP contribution in [-0.2, 0) is 42.5 Å². The Morgan fingerprint density at radius 2 is 1.02 bits per heavy atom. The van der Waals surface area contributed by atoms with E-state index in [0.717, 1.165) is 64.9 Å². The van der Waals surface area contributed by atoms with E-state index >= 15 is 0 Å². The Hall–Kier alpha value is -4.46. The Bertz CT molecular complexity index is 1730. The smallest absolute Gasteiger partial charge is 0.300 e. The van der Waals surface area contributed by atoms with E-state index in [4.69, 9.17) is 25.5 Å². The van der Waals surface area contributed by atoms with Crippen LogP contribution in [0.25, 0.3) is 0 Å². The average molecular weight is 799 g/mol. The summed E-state index contributed by atoms with van der Waals surface area (Å²) in [4.78, 5) is 19.9. The van der Waals surface area contributed by atoms with Crippen LogP contribution in [0.4, 0.5) is 11.4 Å². The van der Waals surface area contributed by atoms with Gasteiger partial charge in [-0.05, 0) is 98.1 Å². The summed E-state index contributed by atoms with van der Waals surface area (Å²) in [6.45, 7) is 3.51. The third kappa shape index (κ3) is 21.3. The summed E-state index contributed by atoms with van der Waals surface area (Å²) in [5, 5.41) is 57.3. The van der Waals surface area contributed by atoms with E-state index in [0.29, 0.717) is 24.2 Å².